The van der Waals surface area contributed by atoms with E-state index in [0.717, 1.165) is 6.42 Å². The second-order valence-electron chi connectivity index (χ2n) is 6.29. The number of nitrogens with one attached hydrogen (secondary N) is 2. The molecule has 1 aliphatic carbocycles. The molecule has 2 heterocycles. The summed E-state index contributed by atoms with van der Waals surface area (Å²) < 4.78 is 0. The van der Waals surface area contributed by atoms with Crippen LogP contribution in [0.2, 0.25) is 0 Å². The quantitative estimate of drug-likeness (QED) is 0.884. The molecule has 3 rings (SSSR count). The van der Waals surface area contributed by atoms with Gasteiger partial charge in [-0.05, 0) is 24.5 Å². The predicted molar refractivity (Wildman–Crippen MR) is 88.9 cm³/mol. The first-order valence-electron chi connectivity index (χ1n) is 8.42. The van der Waals surface area contributed by atoms with Crippen molar-refractivity contribution < 1.29 is 4.79 Å². The van der Waals surface area contributed by atoms with E-state index in [-0.39, 0.29) is 11.9 Å². The summed E-state index contributed by atoms with van der Waals surface area (Å²) in [5.41, 5.74) is 0.830. The van der Waals surface area contributed by atoms with E-state index in [1.807, 2.05) is 6.07 Å². The van der Waals surface area contributed by atoms with Gasteiger partial charge < -0.3 is 10.3 Å². The Kier molecular flexibility index (Phi) is 5.22. The molecule has 1 fully saturated rings. The van der Waals surface area contributed by atoms with Crippen LogP contribution in [-0.2, 0) is 0 Å². The number of hydrogen-bond donors (Lipinski definition) is 2. The summed E-state index contributed by atoms with van der Waals surface area (Å²) in [7, 11) is 0. The van der Waals surface area contributed by atoms with Crippen molar-refractivity contribution >= 4 is 5.91 Å². The van der Waals surface area contributed by atoms with Gasteiger partial charge in [0.1, 0.15) is 17.6 Å². The molecule has 0 spiro atoms. The second-order valence-corrected chi connectivity index (χ2v) is 6.29. The molecule has 1 amide bonds. The predicted octanol–water partition coefficient (Wildman–Crippen LogP) is 3.12. The van der Waals surface area contributed by atoms with Crippen molar-refractivity contribution in [1.29, 1.82) is 5.26 Å². The van der Waals surface area contributed by atoms with Gasteiger partial charge in [-0.3, -0.25) is 4.79 Å². The fourth-order valence-corrected chi connectivity index (χ4v) is 3.30. The molecule has 0 aliphatic heterocycles. The average molecular weight is 323 g/mol. The van der Waals surface area contributed by atoms with Crippen molar-refractivity contribution in [2.24, 2.45) is 5.92 Å². The maximum Gasteiger partial charge on any atom is 0.268 e. The van der Waals surface area contributed by atoms with Gasteiger partial charge in [-0.1, -0.05) is 32.1 Å². The Balaban J connectivity index is 1.74. The molecule has 0 radical (unpaired) electrons. The zero-order valence-corrected chi connectivity index (χ0v) is 13.5. The summed E-state index contributed by atoms with van der Waals surface area (Å²) in [6.45, 7) is 0. The van der Waals surface area contributed by atoms with Crippen LogP contribution in [0.15, 0.2) is 30.7 Å². The molecule has 6 nitrogen and oxygen atoms in total. The summed E-state index contributed by atoms with van der Waals surface area (Å²) in [4.78, 5) is 24.0. The number of amides is 1. The number of carbonyl (C=O) groups is 1. The van der Waals surface area contributed by atoms with Crippen molar-refractivity contribution in [3.05, 3.63) is 47.8 Å². The van der Waals surface area contributed by atoms with Crippen molar-refractivity contribution in [2.75, 3.05) is 0 Å². The molecule has 1 aliphatic rings. The van der Waals surface area contributed by atoms with Gasteiger partial charge in [0.25, 0.3) is 5.91 Å². The highest BCUT2D eigenvalue weighted by Gasteiger charge is 2.24. The maximum absolute atomic E-state index is 12.5. The lowest BCUT2D eigenvalue weighted by atomic mass is 9.84. The number of nitrogens with zero attached hydrogens (tertiary/aromatic N) is 3. The van der Waals surface area contributed by atoms with Crippen LogP contribution in [0.25, 0.3) is 0 Å². The Labute approximate surface area is 141 Å². The third-order valence-electron chi connectivity index (χ3n) is 4.55. The number of aromatic amines is 1. The van der Waals surface area contributed by atoms with Crippen LogP contribution in [-0.4, -0.2) is 20.9 Å². The number of aromatic nitrogens is 3. The van der Waals surface area contributed by atoms with Crippen LogP contribution >= 0.6 is 0 Å². The molecule has 124 valence electrons. The van der Waals surface area contributed by atoms with E-state index in [4.69, 9.17) is 5.26 Å². The normalized spacial score (nSPS) is 16.3. The molecule has 2 aromatic rings. The zero-order valence-electron chi connectivity index (χ0n) is 13.5. The minimum atomic E-state index is -0.232. The van der Waals surface area contributed by atoms with Crippen molar-refractivity contribution in [2.45, 2.75) is 44.6 Å². The Morgan fingerprint density at radius 1 is 1.33 bits per heavy atom. The molecule has 2 N–H and O–H groups in total. The van der Waals surface area contributed by atoms with Crippen LogP contribution < -0.4 is 5.32 Å². The molecule has 24 heavy (non-hydrogen) atoms. The Morgan fingerprint density at radius 2 is 2.08 bits per heavy atom. The summed E-state index contributed by atoms with van der Waals surface area (Å²) in [5, 5.41) is 11.9. The molecule has 1 saturated carbocycles. The molecule has 0 bridgehead atoms. The van der Waals surface area contributed by atoms with Crippen LogP contribution in [0.1, 0.15) is 66.4 Å². The third-order valence-corrected chi connectivity index (χ3v) is 4.55. The van der Waals surface area contributed by atoms with Crippen LogP contribution in [0, 0.1) is 17.2 Å². The molecule has 1 unspecified atom stereocenters. The van der Waals surface area contributed by atoms with Gasteiger partial charge in [0.05, 0.1) is 11.6 Å². The lowest BCUT2D eigenvalue weighted by Crippen LogP contribution is -2.31. The van der Waals surface area contributed by atoms with Crippen molar-refractivity contribution in [3.63, 3.8) is 0 Å². The zero-order chi connectivity index (χ0) is 16.8. The molecular formula is C18H21N5O. The standard InChI is InChI=1S/C18H21N5O/c19-11-14-10-16(22-12-14)18(24)23-15(17-20-7-4-8-21-17)9-13-5-2-1-3-6-13/h4,7-8,10,12-13,15,22H,1-3,5-6,9H2,(H,23,24). The fraction of sp³-hybridized carbons (Fsp3) is 0.444. The Morgan fingerprint density at radius 3 is 2.75 bits per heavy atom. The highest BCUT2D eigenvalue weighted by atomic mass is 16.1. The SMILES string of the molecule is N#Cc1c[nH]c(C(=O)NC(CC2CCCCC2)c2ncccn2)c1. The minimum Gasteiger partial charge on any atom is -0.356 e. The molecule has 1 atom stereocenters. The second kappa shape index (κ2) is 7.73. The van der Waals surface area contributed by atoms with Gasteiger partial charge >= 0.3 is 0 Å². The van der Waals surface area contributed by atoms with Crippen LogP contribution in [0.5, 0.6) is 0 Å². The van der Waals surface area contributed by atoms with Crippen LogP contribution in [0.3, 0.4) is 0 Å². The minimum absolute atomic E-state index is 0.212. The summed E-state index contributed by atoms with van der Waals surface area (Å²) in [6, 6.07) is 5.13. The highest BCUT2D eigenvalue weighted by molar-refractivity contribution is 5.93. The maximum atomic E-state index is 12.5. The largest absolute Gasteiger partial charge is 0.356 e. The molecule has 2 aromatic heterocycles. The number of rotatable bonds is 5. The number of nitriles is 1. The molecule has 0 saturated heterocycles. The first-order valence-corrected chi connectivity index (χ1v) is 8.42. The van der Waals surface area contributed by atoms with E-state index in [9.17, 15) is 4.79 Å². The summed E-state index contributed by atoms with van der Waals surface area (Å²) in [6.07, 6.45) is 12.0. The number of hydrogen-bond acceptors (Lipinski definition) is 4. The van der Waals surface area contributed by atoms with E-state index < -0.39 is 0 Å². The van der Waals surface area contributed by atoms with E-state index in [2.05, 4.69) is 20.3 Å². The number of H-pyrrole nitrogens is 1. The smallest absolute Gasteiger partial charge is 0.268 e. The molecule has 0 aromatic carbocycles. The lowest BCUT2D eigenvalue weighted by molar-refractivity contribution is 0.0921. The lowest BCUT2D eigenvalue weighted by Gasteiger charge is -2.26. The van der Waals surface area contributed by atoms with Gasteiger partial charge in [-0.25, -0.2) is 9.97 Å². The average Bonchev–Trinajstić information content (AvgIpc) is 3.12. The van der Waals surface area contributed by atoms with E-state index in [1.165, 1.54) is 38.3 Å². The van der Waals surface area contributed by atoms with E-state index in [0.29, 0.717) is 23.0 Å². The first-order chi connectivity index (χ1) is 11.8. The van der Waals surface area contributed by atoms with Crippen LogP contribution in [0.4, 0.5) is 0 Å². The Hall–Kier alpha value is -2.68. The molecular weight excluding hydrogens is 302 g/mol. The van der Waals surface area contributed by atoms with Gasteiger partial charge in [0, 0.05) is 18.6 Å². The van der Waals surface area contributed by atoms with Gasteiger partial charge in [-0.15, -0.1) is 0 Å². The van der Waals surface area contributed by atoms with E-state index in [1.54, 1.807) is 24.5 Å². The van der Waals surface area contributed by atoms with Gasteiger partial charge in [0.15, 0.2) is 0 Å². The van der Waals surface area contributed by atoms with Crippen molar-refractivity contribution in [3.8, 4) is 6.07 Å². The monoisotopic (exact) mass is 323 g/mol. The van der Waals surface area contributed by atoms with Gasteiger partial charge in [0.2, 0.25) is 0 Å². The van der Waals surface area contributed by atoms with Crippen molar-refractivity contribution in [1.82, 2.24) is 20.3 Å². The fourth-order valence-electron chi connectivity index (χ4n) is 3.30. The first kappa shape index (κ1) is 16.2. The third kappa shape index (κ3) is 3.99. The topological polar surface area (TPSA) is 94.5 Å². The van der Waals surface area contributed by atoms with E-state index >= 15 is 0 Å². The summed E-state index contributed by atoms with van der Waals surface area (Å²) >= 11 is 0. The number of carbonyl (C=O) groups excluding carboxylic acids is 1. The highest BCUT2D eigenvalue weighted by Crippen LogP contribution is 2.31. The summed E-state index contributed by atoms with van der Waals surface area (Å²) in [5.74, 6) is 0.999. The van der Waals surface area contributed by atoms with Gasteiger partial charge in [-0.2, -0.15) is 5.26 Å². The Bertz CT molecular complexity index is 713. The molecule has 6 heteroatoms.